The second-order valence-electron chi connectivity index (χ2n) is 8.12. The molecule has 0 radical (unpaired) electrons. The van der Waals surface area contributed by atoms with E-state index < -0.39 is 0 Å². The van der Waals surface area contributed by atoms with Gasteiger partial charge >= 0.3 is 0 Å². The molecule has 2 aliphatic heterocycles. The summed E-state index contributed by atoms with van der Waals surface area (Å²) in [6, 6.07) is 5.68. The zero-order valence-corrected chi connectivity index (χ0v) is 19.7. The average Bonchev–Trinajstić information content (AvgIpc) is 2.80. The average molecular weight is 471 g/mol. The lowest BCUT2D eigenvalue weighted by atomic mass is 10.1. The van der Waals surface area contributed by atoms with Gasteiger partial charge in [0.15, 0.2) is 0 Å². The molecule has 2 saturated heterocycles. The first kappa shape index (κ1) is 26.4. The monoisotopic (exact) mass is 470 g/mol. The first-order valence-corrected chi connectivity index (χ1v) is 12.0. The molecule has 0 aromatic heterocycles. The molecule has 0 saturated carbocycles. The fourth-order valence-corrected chi connectivity index (χ4v) is 3.76. The van der Waals surface area contributed by atoms with Gasteiger partial charge in [-0.1, -0.05) is 18.2 Å². The van der Waals surface area contributed by atoms with Gasteiger partial charge in [-0.3, -0.25) is 9.80 Å². The minimum atomic E-state index is -0.139. The Bertz CT molecular complexity index is 579. The molecular weight excluding hydrogens is 431 g/mol. The number of hydrogen-bond donors (Lipinski definition) is 0. The van der Waals surface area contributed by atoms with E-state index in [1.165, 1.54) is 0 Å². The van der Waals surface area contributed by atoms with E-state index in [2.05, 4.69) is 9.80 Å². The topological polar surface area (TPSA) is 61.9 Å². The van der Waals surface area contributed by atoms with Crippen molar-refractivity contribution < 1.29 is 32.8 Å². The molecule has 0 amide bonds. The molecule has 0 bridgehead atoms. The predicted molar refractivity (Wildman–Crippen MR) is 122 cm³/mol. The Labute approximate surface area is 196 Å². The van der Waals surface area contributed by atoms with Gasteiger partial charge in [0.1, 0.15) is 5.82 Å². The molecule has 0 aliphatic carbocycles. The van der Waals surface area contributed by atoms with Crippen molar-refractivity contribution >= 4 is 0 Å². The predicted octanol–water partition coefficient (Wildman–Crippen LogP) is 1.56. The molecule has 0 N–H and O–H groups in total. The third kappa shape index (κ3) is 10.7. The fourth-order valence-electron chi connectivity index (χ4n) is 3.76. The van der Waals surface area contributed by atoms with Crippen molar-refractivity contribution in [1.29, 1.82) is 0 Å². The minimum absolute atomic E-state index is 0.139. The van der Waals surface area contributed by atoms with Crippen LogP contribution >= 0.6 is 0 Å². The second-order valence-corrected chi connectivity index (χ2v) is 8.12. The Morgan fingerprint density at radius 3 is 1.15 bits per heavy atom. The van der Waals surface area contributed by atoms with Gasteiger partial charge in [0, 0.05) is 50.4 Å². The molecule has 2 fully saturated rings. The molecule has 33 heavy (non-hydrogen) atoms. The van der Waals surface area contributed by atoms with E-state index in [0.717, 1.165) is 26.2 Å². The third-order valence-electron chi connectivity index (χ3n) is 5.64. The van der Waals surface area contributed by atoms with Crippen molar-refractivity contribution in [3.05, 3.63) is 35.1 Å². The zero-order chi connectivity index (χ0) is 23.0. The van der Waals surface area contributed by atoms with Crippen LogP contribution in [0.5, 0.6) is 0 Å². The SMILES string of the molecule is Fc1c(CN2CCOCCOCCOCC2)cccc1CN1CCOCCOCCOCC1. The summed E-state index contributed by atoms with van der Waals surface area (Å²) in [7, 11) is 0. The molecule has 2 heterocycles. The number of halogens is 1. The normalized spacial score (nSPS) is 22.5. The summed E-state index contributed by atoms with van der Waals surface area (Å²) in [6.45, 7) is 10.8. The highest BCUT2D eigenvalue weighted by Crippen LogP contribution is 2.17. The maximum Gasteiger partial charge on any atom is 0.132 e. The largest absolute Gasteiger partial charge is 0.378 e. The van der Waals surface area contributed by atoms with Crippen LogP contribution in [0.15, 0.2) is 18.2 Å². The van der Waals surface area contributed by atoms with Gasteiger partial charge in [0.25, 0.3) is 0 Å². The highest BCUT2D eigenvalue weighted by Gasteiger charge is 2.16. The lowest BCUT2D eigenvalue weighted by molar-refractivity contribution is -0.00733. The van der Waals surface area contributed by atoms with Crippen molar-refractivity contribution in [2.75, 3.05) is 105 Å². The summed E-state index contributed by atoms with van der Waals surface area (Å²) < 4.78 is 48.9. The van der Waals surface area contributed by atoms with E-state index >= 15 is 4.39 Å². The quantitative estimate of drug-likeness (QED) is 0.657. The molecule has 1 aromatic carbocycles. The molecular formula is C24H39FN2O6. The lowest BCUT2D eigenvalue weighted by Crippen LogP contribution is -2.33. The Balaban J connectivity index is 1.57. The molecule has 3 rings (SSSR count). The van der Waals surface area contributed by atoms with Crippen molar-refractivity contribution in [2.45, 2.75) is 13.1 Å². The highest BCUT2D eigenvalue weighted by atomic mass is 19.1. The molecule has 1 aromatic rings. The number of ether oxygens (including phenoxy) is 6. The molecule has 0 atom stereocenters. The van der Waals surface area contributed by atoms with E-state index in [4.69, 9.17) is 28.4 Å². The molecule has 9 heteroatoms. The highest BCUT2D eigenvalue weighted by molar-refractivity contribution is 5.26. The van der Waals surface area contributed by atoms with Gasteiger partial charge in [0.2, 0.25) is 0 Å². The maximum absolute atomic E-state index is 15.5. The van der Waals surface area contributed by atoms with Crippen molar-refractivity contribution in [3.63, 3.8) is 0 Å². The van der Waals surface area contributed by atoms with E-state index in [1.54, 1.807) is 0 Å². The van der Waals surface area contributed by atoms with Crippen molar-refractivity contribution in [2.24, 2.45) is 0 Å². The maximum atomic E-state index is 15.5. The number of benzene rings is 1. The van der Waals surface area contributed by atoms with Crippen LogP contribution in [0.3, 0.4) is 0 Å². The van der Waals surface area contributed by atoms with Gasteiger partial charge in [-0.15, -0.1) is 0 Å². The van der Waals surface area contributed by atoms with E-state index in [0.29, 0.717) is 103 Å². The van der Waals surface area contributed by atoms with Gasteiger partial charge in [0.05, 0.1) is 79.3 Å². The van der Waals surface area contributed by atoms with Crippen LogP contribution in [0.25, 0.3) is 0 Å². The van der Waals surface area contributed by atoms with E-state index in [9.17, 15) is 0 Å². The van der Waals surface area contributed by atoms with Crippen LogP contribution in [0.4, 0.5) is 4.39 Å². The summed E-state index contributed by atoms with van der Waals surface area (Å²) in [5.74, 6) is -0.139. The van der Waals surface area contributed by atoms with Crippen molar-refractivity contribution in [1.82, 2.24) is 9.80 Å². The molecule has 8 nitrogen and oxygen atoms in total. The minimum Gasteiger partial charge on any atom is -0.378 e. The summed E-state index contributed by atoms with van der Waals surface area (Å²) in [4.78, 5) is 4.37. The Hall–Kier alpha value is -1.17. The standard InChI is InChI=1S/C24H39FN2O6/c25-24-22(20-26-4-8-28-12-16-32-17-13-29-9-5-26)2-1-3-23(24)21-27-6-10-30-14-18-33-19-15-31-11-7-27/h1-3H,4-21H2. The second kappa shape index (κ2) is 16.5. The fraction of sp³-hybridized carbons (Fsp3) is 0.750. The van der Waals surface area contributed by atoms with Gasteiger partial charge in [-0.25, -0.2) is 4.39 Å². The molecule has 0 unspecified atom stereocenters. The van der Waals surface area contributed by atoms with E-state index in [1.807, 2.05) is 18.2 Å². The summed E-state index contributed by atoms with van der Waals surface area (Å²) in [5.41, 5.74) is 1.39. The number of rotatable bonds is 4. The van der Waals surface area contributed by atoms with Crippen LogP contribution in [-0.2, 0) is 41.5 Å². The molecule has 2 aliphatic rings. The Morgan fingerprint density at radius 2 is 0.818 bits per heavy atom. The smallest absolute Gasteiger partial charge is 0.132 e. The first-order chi connectivity index (χ1) is 16.3. The van der Waals surface area contributed by atoms with Gasteiger partial charge in [-0.2, -0.15) is 0 Å². The van der Waals surface area contributed by atoms with Crippen LogP contribution in [0, 0.1) is 5.82 Å². The summed E-state index contributed by atoms with van der Waals surface area (Å²) >= 11 is 0. The summed E-state index contributed by atoms with van der Waals surface area (Å²) in [6.07, 6.45) is 0. The van der Waals surface area contributed by atoms with Crippen LogP contribution < -0.4 is 0 Å². The molecule has 188 valence electrons. The van der Waals surface area contributed by atoms with Gasteiger partial charge < -0.3 is 28.4 Å². The summed E-state index contributed by atoms with van der Waals surface area (Å²) in [5, 5.41) is 0. The Kier molecular flexibility index (Phi) is 13.2. The van der Waals surface area contributed by atoms with Crippen LogP contribution in [-0.4, -0.2) is 115 Å². The van der Waals surface area contributed by atoms with Crippen LogP contribution in [0.2, 0.25) is 0 Å². The molecule has 0 spiro atoms. The zero-order valence-electron chi connectivity index (χ0n) is 19.7. The Morgan fingerprint density at radius 1 is 0.515 bits per heavy atom. The number of hydrogen-bond acceptors (Lipinski definition) is 8. The van der Waals surface area contributed by atoms with Gasteiger partial charge in [-0.05, 0) is 0 Å². The number of nitrogens with zero attached hydrogens (tertiary/aromatic N) is 2. The lowest BCUT2D eigenvalue weighted by Gasteiger charge is -2.25. The van der Waals surface area contributed by atoms with E-state index in [-0.39, 0.29) is 5.82 Å². The third-order valence-corrected chi connectivity index (χ3v) is 5.64. The first-order valence-electron chi connectivity index (χ1n) is 12.0. The van der Waals surface area contributed by atoms with Crippen molar-refractivity contribution in [3.8, 4) is 0 Å². The van der Waals surface area contributed by atoms with Crippen LogP contribution in [0.1, 0.15) is 11.1 Å².